The van der Waals surface area contributed by atoms with E-state index in [-0.39, 0.29) is 0 Å². The lowest BCUT2D eigenvalue weighted by molar-refractivity contribution is 0.115. The van der Waals surface area contributed by atoms with E-state index in [4.69, 9.17) is 4.74 Å². The van der Waals surface area contributed by atoms with E-state index < -0.39 is 0 Å². The van der Waals surface area contributed by atoms with Crippen LogP contribution in [0.4, 0.5) is 0 Å². The molecule has 0 bridgehead atoms. The van der Waals surface area contributed by atoms with Crippen LogP contribution in [0.15, 0.2) is 0 Å². The van der Waals surface area contributed by atoms with Crippen molar-refractivity contribution in [2.45, 2.75) is 13.8 Å². The van der Waals surface area contributed by atoms with Gasteiger partial charge < -0.3 is 4.74 Å². The lowest BCUT2D eigenvalue weighted by atomic mass is 10.2. The molecule has 3 heteroatoms. The highest BCUT2D eigenvalue weighted by Gasteiger charge is 1.91. The first-order valence-electron chi connectivity index (χ1n) is 3.61. The summed E-state index contributed by atoms with van der Waals surface area (Å²) in [6.07, 6.45) is 2.02. The average Bonchev–Trinajstić information content (AvgIpc) is 1.87. The minimum absolute atomic E-state index is 0.647. The van der Waals surface area contributed by atoms with E-state index in [0.717, 1.165) is 19.8 Å². The predicted octanol–water partition coefficient (Wildman–Crippen LogP) is 1.53. The van der Waals surface area contributed by atoms with Crippen molar-refractivity contribution in [1.29, 1.82) is 0 Å². The fraction of sp³-hybridized carbons (Fsp3) is 1.00. The first-order valence-corrected chi connectivity index (χ1v) is 4.83. The summed E-state index contributed by atoms with van der Waals surface area (Å²) in [6.45, 7) is 6.94. The Kier molecular flexibility index (Phi) is 7.58. The molecule has 0 rings (SSSR count). The molecule has 0 unspecified atom stereocenters. The summed E-state index contributed by atoms with van der Waals surface area (Å²) in [6, 6.07) is 0. The van der Waals surface area contributed by atoms with Crippen LogP contribution >= 0.6 is 11.9 Å². The standard InChI is InChI=1S/C7H17NOS/c1-7(2)6-9-5-4-8-10-3/h7-8H,4-6H2,1-3H3. The molecule has 0 heterocycles. The van der Waals surface area contributed by atoms with E-state index in [2.05, 4.69) is 18.6 Å². The highest BCUT2D eigenvalue weighted by Crippen LogP contribution is 1.91. The second-order valence-electron chi connectivity index (χ2n) is 2.57. The van der Waals surface area contributed by atoms with Crippen molar-refractivity contribution >= 4 is 11.9 Å². The Bertz CT molecular complexity index is 68.6. The van der Waals surface area contributed by atoms with Gasteiger partial charge in [-0.25, -0.2) is 0 Å². The van der Waals surface area contributed by atoms with Crippen LogP contribution in [0, 0.1) is 5.92 Å². The van der Waals surface area contributed by atoms with Crippen molar-refractivity contribution in [1.82, 2.24) is 4.72 Å². The zero-order chi connectivity index (χ0) is 7.82. The molecule has 0 radical (unpaired) electrons. The molecule has 10 heavy (non-hydrogen) atoms. The van der Waals surface area contributed by atoms with Gasteiger partial charge in [0.2, 0.25) is 0 Å². The molecule has 0 spiro atoms. The van der Waals surface area contributed by atoms with Crippen LogP contribution in [-0.4, -0.2) is 26.0 Å². The van der Waals surface area contributed by atoms with Gasteiger partial charge in [-0.1, -0.05) is 25.8 Å². The fourth-order valence-electron chi connectivity index (χ4n) is 0.535. The van der Waals surface area contributed by atoms with Crippen LogP contribution in [0.1, 0.15) is 13.8 Å². The first kappa shape index (κ1) is 10.3. The Labute approximate surface area is 67.9 Å². The summed E-state index contributed by atoms with van der Waals surface area (Å²) < 4.78 is 8.43. The summed E-state index contributed by atoms with van der Waals surface area (Å²) >= 11 is 1.63. The molecule has 0 aliphatic rings. The van der Waals surface area contributed by atoms with Crippen molar-refractivity contribution in [3.8, 4) is 0 Å². The maximum atomic E-state index is 5.32. The lowest BCUT2D eigenvalue weighted by Gasteiger charge is -2.05. The molecule has 0 aliphatic heterocycles. The molecular weight excluding hydrogens is 146 g/mol. The highest BCUT2D eigenvalue weighted by molar-refractivity contribution is 7.96. The van der Waals surface area contributed by atoms with Crippen LogP contribution in [-0.2, 0) is 4.74 Å². The van der Waals surface area contributed by atoms with Gasteiger partial charge in [-0.05, 0) is 12.2 Å². The van der Waals surface area contributed by atoms with E-state index in [0.29, 0.717) is 5.92 Å². The average molecular weight is 163 g/mol. The van der Waals surface area contributed by atoms with Gasteiger partial charge in [0.15, 0.2) is 0 Å². The lowest BCUT2D eigenvalue weighted by Crippen LogP contribution is -2.13. The molecule has 0 atom stereocenters. The predicted molar refractivity (Wildman–Crippen MR) is 47.2 cm³/mol. The largest absolute Gasteiger partial charge is 0.380 e. The zero-order valence-electron chi connectivity index (χ0n) is 7.02. The molecule has 1 N–H and O–H groups in total. The van der Waals surface area contributed by atoms with Crippen molar-refractivity contribution in [3.63, 3.8) is 0 Å². The van der Waals surface area contributed by atoms with E-state index in [1.165, 1.54) is 0 Å². The van der Waals surface area contributed by atoms with Crippen LogP contribution in [0.5, 0.6) is 0 Å². The minimum Gasteiger partial charge on any atom is -0.380 e. The van der Waals surface area contributed by atoms with Gasteiger partial charge >= 0.3 is 0 Å². The van der Waals surface area contributed by atoms with E-state index >= 15 is 0 Å². The molecule has 2 nitrogen and oxygen atoms in total. The molecule has 0 fully saturated rings. The van der Waals surface area contributed by atoms with Gasteiger partial charge in [-0.2, -0.15) is 0 Å². The Morgan fingerprint density at radius 2 is 2.20 bits per heavy atom. The zero-order valence-corrected chi connectivity index (χ0v) is 7.83. The monoisotopic (exact) mass is 163 g/mol. The second-order valence-corrected chi connectivity index (χ2v) is 3.26. The molecular formula is C7H17NOS. The highest BCUT2D eigenvalue weighted by atomic mass is 32.2. The van der Waals surface area contributed by atoms with Crippen molar-refractivity contribution in [2.75, 3.05) is 26.0 Å². The second kappa shape index (κ2) is 7.38. The van der Waals surface area contributed by atoms with Crippen LogP contribution in [0.2, 0.25) is 0 Å². The molecule has 0 saturated carbocycles. The molecule has 0 amide bonds. The fourth-order valence-corrected chi connectivity index (χ4v) is 0.822. The van der Waals surface area contributed by atoms with Gasteiger partial charge in [-0.15, -0.1) is 0 Å². The number of ether oxygens (including phenoxy) is 1. The number of hydrogen-bond donors (Lipinski definition) is 1. The summed E-state index contributed by atoms with van der Waals surface area (Å²) in [5, 5.41) is 0. The molecule has 0 aromatic heterocycles. The topological polar surface area (TPSA) is 21.3 Å². The third kappa shape index (κ3) is 8.27. The molecule has 0 aromatic rings. The molecule has 0 saturated heterocycles. The van der Waals surface area contributed by atoms with Crippen molar-refractivity contribution in [3.05, 3.63) is 0 Å². The van der Waals surface area contributed by atoms with Crippen molar-refractivity contribution in [2.24, 2.45) is 5.92 Å². The molecule has 62 valence electrons. The Hall–Kier alpha value is 0.270. The molecule has 0 aromatic carbocycles. The quantitative estimate of drug-likeness (QED) is 0.474. The van der Waals surface area contributed by atoms with Crippen LogP contribution in [0.25, 0.3) is 0 Å². The Morgan fingerprint density at radius 3 is 2.70 bits per heavy atom. The summed E-state index contributed by atoms with van der Waals surface area (Å²) in [5.41, 5.74) is 0. The van der Waals surface area contributed by atoms with Gasteiger partial charge in [0, 0.05) is 13.2 Å². The number of nitrogens with one attached hydrogen (secondary N) is 1. The summed E-state index contributed by atoms with van der Waals surface area (Å²) in [4.78, 5) is 0. The third-order valence-corrected chi connectivity index (χ3v) is 1.44. The maximum Gasteiger partial charge on any atom is 0.0600 e. The Balaban J connectivity index is 2.77. The maximum absolute atomic E-state index is 5.32. The third-order valence-electron chi connectivity index (χ3n) is 0.944. The van der Waals surface area contributed by atoms with Gasteiger partial charge in [0.1, 0.15) is 0 Å². The number of rotatable bonds is 6. The first-order chi connectivity index (χ1) is 4.77. The SMILES string of the molecule is CSNCCOCC(C)C. The van der Waals surface area contributed by atoms with Crippen LogP contribution < -0.4 is 4.72 Å². The number of hydrogen-bond acceptors (Lipinski definition) is 3. The van der Waals surface area contributed by atoms with Crippen molar-refractivity contribution < 1.29 is 4.74 Å². The summed E-state index contributed by atoms with van der Waals surface area (Å²) in [5.74, 6) is 0.647. The van der Waals surface area contributed by atoms with Gasteiger partial charge in [0.05, 0.1) is 6.61 Å². The van der Waals surface area contributed by atoms with E-state index in [1.54, 1.807) is 11.9 Å². The van der Waals surface area contributed by atoms with Crippen LogP contribution in [0.3, 0.4) is 0 Å². The smallest absolute Gasteiger partial charge is 0.0600 e. The van der Waals surface area contributed by atoms with Gasteiger partial charge in [-0.3, -0.25) is 4.72 Å². The van der Waals surface area contributed by atoms with E-state index in [9.17, 15) is 0 Å². The van der Waals surface area contributed by atoms with E-state index in [1.807, 2.05) is 6.26 Å². The molecule has 0 aliphatic carbocycles. The normalized spacial score (nSPS) is 10.8. The summed E-state index contributed by atoms with van der Waals surface area (Å²) in [7, 11) is 0. The van der Waals surface area contributed by atoms with Gasteiger partial charge in [0.25, 0.3) is 0 Å². The minimum atomic E-state index is 0.647. The Morgan fingerprint density at radius 1 is 1.50 bits per heavy atom.